The Balaban J connectivity index is 0.00000363. The van der Waals surface area contributed by atoms with Crippen molar-refractivity contribution in [1.29, 1.82) is 0 Å². The first kappa shape index (κ1) is 26.4. The first-order valence-electron chi connectivity index (χ1n) is 10.9. The smallest absolute Gasteiger partial charge is 0.261 e. The standard InChI is InChI=1S/C23H33N5O2S.HI/c1-24-23(26-13-6-12-25-22(29)21-7-5-16-31-21)27-17-20(28-14-3-4-15-28)18-8-10-19(30-2)11-9-18;/h5,7-11,16,20H,3-4,6,12-15,17H2,1-2H3,(H,25,29)(H2,24,26,27);1H. The van der Waals surface area contributed by atoms with Gasteiger partial charge in [-0.1, -0.05) is 18.2 Å². The number of carbonyl (C=O) groups is 1. The topological polar surface area (TPSA) is 78.0 Å². The molecule has 3 N–H and O–H groups in total. The zero-order valence-electron chi connectivity index (χ0n) is 18.8. The monoisotopic (exact) mass is 571 g/mol. The molecular weight excluding hydrogens is 537 g/mol. The van der Waals surface area contributed by atoms with Crippen molar-refractivity contribution in [3.63, 3.8) is 0 Å². The molecule has 1 saturated heterocycles. The lowest BCUT2D eigenvalue weighted by Gasteiger charge is -2.29. The van der Waals surface area contributed by atoms with Gasteiger partial charge in [0.2, 0.25) is 0 Å². The zero-order chi connectivity index (χ0) is 21.9. The second-order valence-corrected chi connectivity index (χ2v) is 8.45. The number of likely N-dealkylation sites (tertiary alicyclic amines) is 1. The molecule has 32 heavy (non-hydrogen) atoms. The quantitative estimate of drug-likeness (QED) is 0.176. The highest BCUT2D eigenvalue weighted by molar-refractivity contribution is 14.0. The van der Waals surface area contributed by atoms with Crippen LogP contribution in [-0.4, -0.2) is 63.6 Å². The van der Waals surface area contributed by atoms with Gasteiger partial charge in [-0.3, -0.25) is 14.7 Å². The summed E-state index contributed by atoms with van der Waals surface area (Å²) in [5, 5.41) is 11.7. The van der Waals surface area contributed by atoms with Gasteiger partial charge in [0.1, 0.15) is 5.75 Å². The van der Waals surface area contributed by atoms with E-state index in [-0.39, 0.29) is 35.9 Å². The van der Waals surface area contributed by atoms with Gasteiger partial charge >= 0.3 is 0 Å². The van der Waals surface area contributed by atoms with E-state index in [2.05, 4.69) is 38.0 Å². The predicted octanol–water partition coefficient (Wildman–Crippen LogP) is 3.50. The maximum Gasteiger partial charge on any atom is 0.261 e. The molecule has 176 valence electrons. The van der Waals surface area contributed by atoms with Crippen molar-refractivity contribution in [2.75, 3.05) is 46.9 Å². The molecule has 3 rings (SSSR count). The molecule has 0 spiro atoms. The highest BCUT2D eigenvalue weighted by atomic mass is 127. The largest absolute Gasteiger partial charge is 0.497 e. The van der Waals surface area contributed by atoms with Crippen LogP contribution in [0.25, 0.3) is 0 Å². The average Bonchev–Trinajstić information content (AvgIpc) is 3.52. The second-order valence-electron chi connectivity index (χ2n) is 7.50. The van der Waals surface area contributed by atoms with E-state index in [0.29, 0.717) is 6.54 Å². The van der Waals surface area contributed by atoms with E-state index >= 15 is 0 Å². The van der Waals surface area contributed by atoms with Gasteiger partial charge in [-0.05, 0) is 61.5 Å². The number of methoxy groups -OCH3 is 1. The highest BCUT2D eigenvalue weighted by Gasteiger charge is 2.23. The molecule has 0 radical (unpaired) electrons. The molecule has 1 unspecified atom stereocenters. The van der Waals surface area contributed by atoms with Crippen molar-refractivity contribution in [1.82, 2.24) is 20.9 Å². The molecule has 7 nitrogen and oxygen atoms in total. The first-order valence-corrected chi connectivity index (χ1v) is 11.7. The van der Waals surface area contributed by atoms with Crippen LogP contribution in [0.4, 0.5) is 0 Å². The number of nitrogens with zero attached hydrogens (tertiary/aromatic N) is 2. The molecule has 1 atom stereocenters. The van der Waals surface area contributed by atoms with Crippen LogP contribution in [-0.2, 0) is 0 Å². The van der Waals surface area contributed by atoms with E-state index < -0.39 is 0 Å². The van der Waals surface area contributed by atoms with Crippen molar-refractivity contribution in [2.24, 2.45) is 4.99 Å². The van der Waals surface area contributed by atoms with E-state index in [9.17, 15) is 4.79 Å². The highest BCUT2D eigenvalue weighted by Crippen LogP contribution is 2.26. The third-order valence-corrected chi connectivity index (χ3v) is 6.31. The van der Waals surface area contributed by atoms with E-state index in [1.54, 1.807) is 14.2 Å². The molecule has 1 aromatic heterocycles. The fraction of sp³-hybridized carbons (Fsp3) is 0.478. The van der Waals surface area contributed by atoms with Gasteiger partial charge in [0.05, 0.1) is 18.0 Å². The second kappa shape index (κ2) is 14.3. The maximum absolute atomic E-state index is 12.0. The Morgan fingerprint density at radius 2 is 1.84 bits per heavy atom. The predicted molar refractivity (Wildman–Crippen MR) is 143 cm³/mol. The normalized spacial score (nSPS) is 15.0. The number of ether oxygens (including phenoxy) is 1. The summed E-state index contributed by atoms with van der Waals surface area (Å²) in [4.78, 5) is 19.6. The minimum atomic E-state index is -0.00884. The molecule has 1 amide bonds. The van der Waals surface area contributed by atoms with Gasteiger partial charge in [0.15, 0.2) is 5.96 Å². The molecule has 1 aliphatic rings. The fourth-order valence-electron chi connectivity index (χ4n) is 3.74. The Morgan fingerprint density at radius 3 is 2.47 bits per heavy atom. The van der Waals surface area contributed by atoms with Gasteiger partial charge in [0.25, 0.3) is 5.91 Å². The number of benzene rings is 1. The van der Waals surface area contributed by atoms with Gasteiger partial charge in [-0.15, -0.1) is 35.3 Å². The minimum absolute atomic E-state index is 0. The number of guanidine groups is 1. The Morgan fingerprint density at radius 1 is 1.12 bits per heavy atom. The van der Waals surface area contributed by atoms with Gasteiger partial charge in [0, 0.05) is 26.7 Å². The summed E-state index contributed by atoms with van der Waals surface area (Å²) in [5.74, 6) is 1.65. The van der Waals surface area contributed by atoms with Crippen molar-refractivity contribution < 1.29 is 9.53 Å². The van der Waals surface area contributed by atoms with Crippen LogP contribution in [0.2, 0.25) is 0 Å². The minimum Gasteiger partial charge on any atom is -0.497 e. The summed E-state index contributed by atoms with van der Waals surface area (Å²) in [7, 11) is 3.48. The van der Waals surface area contributed by atoms with Crippen molar-refractivity contribution >= 4 is 47.2 Å². The maximum atomic E-state index is 12.0. The Hall–Kier alpha value is -1.85. The average molecular weight is 572 g/mol. The summed E-state index contributed by atoms with van der Waals surface area (Å²) in [6, 6.07) is 12.4. The van der Waals surface area contributed by atoms with Crippen LogP contribution in [0, 0.1) is 0 Å². The van der Waals surface area contributed by atoms with Crippen molar-refractivity contribution in [3.8, 4) is 5.75 Å². The number of rotatable bonds is 10. The van der Waals surface area contributed by atoms with Gasteiger partial charge < -0.3 is 20.7 Å². The van der Waals surface area contributed by atoms with E-state index in [0.717, 1.165) is 49.2 Å². The molecule has 2 aromatic rings. The third kappa shape index (κ3) is 7.93. The number of aliphatic imine (C=N–C) groups is 1. The number of thiophene rings is 1. The summed E-state index contributed by atoms with van der Waals surface area (Å²) in [6.07, 6.45) is 3.32. The first-order chi connectivity index (χ1) is 15.2. The molecule has 1 aromatic carbocycles. The zero-order valence-corrected chi connectivity index (χ0v) is 21.9. The number of nitrogens with one attached hydrogen (secondary N) is 3. The lowest BCUT2D eigenvalue weighted by molar-refractivity contribution is 0.0957. The van der Waals surface area contributed by atoms with Crippen LogP contribution in [0.1, 0.15) is 40.5 Å². The number of hydrogen-bond acceptors (Lipinski definition) is 5. The summed E-state index contributed by atoms with van der Waals surface area (Å²) < 4.78 is 5.31. The van der Waals surface area contributed by atoms with Crippen LogP contribution < -0.4 is 20.7 Å². The van der Waals surface area contributed by atoms with Crippen LogP contribution in [0.15, 0.2) is 46.8 Å². The summed E-state index contributed by atoms with van der Waals surface area (Å²) in [5.41, 5.74) is 1.28. The lowest BCUT2D eigenvalue weighted by Crippen LogP contribution is -2.43. The number of hydrogen-bond donors (Lipinski definition) is 3. The molecular formula is C23H34IN5O2S. The van der Waals surface area contributed by atoms with E-state index in [4.69, 9.17) is 4.74 Å². The molecule has 1 aliphatic heterocycles. The number of carbonyl (C=O) groups excluding carboxylic acids is 1. The van der Waals surface area contributed by atoms with E-state index in [1.165, 1.54) is 29.7 Å². The van der Waals surface area contributed by atoms with Gasteiger partial charge in [-0.2, -0.15) is 0 Å². The lowest BCUT2D eigenvalue weighted by atomic mass is 10.1. The SMILES string of the molecule is CN=C(NCCCNC(=O)c1cccs1)NCC(c1ccc(OC)cc1)N1CCCC1.I. The Kier molecular flexibility index (Phi) is 11.8. The molecule has 0 bridgehead atoms. The molecule has 9 heteroatoms. The van der Waals surface area contributed by atoms with Crippen molar-refractivity contribution in [2.45, 2.75) is 25.3 Å². The fourth-order valence-corrected chi connectivity index (χ4v) is 4.38. The molecule has 0 saturated carbocycles. The summed E-state index contributed by atoms with van der Waals surface area (Å²) in [6.45, 7) is 4.38. The molecule has 2 heterocycles. The van der Waals surface area contributed by atoms with Crippen LogP contribution in [0.3, 0.4) is 0 Å². The van der Waals surface area contributed by atoms with Crippen molar-refractivity contribution in [3.05, 3.63) is 52.2 Å². The number of halogens is 1. The Labute approximate surface area is 212 Å². The van der Waals surface area contributed by atoms with Gasteiger partial charge in [-0.25, -0.2) is 0 Å². The summed E-state index contributed by atoms with van der Waals surface area (Å²) >= 11 is 1.46. The Bertz CT molecular complexity index is 823. The van der Waals surface area contributed by atoms with Crippen LogP contribution in [0.5, 0.6) is 5.75 Å². The van der Waals surface area contributed by atoms with E-state index in [1.807, 2.05) is 29.6 Å². The number of amides is 1. The van der Waals surface area contributed by atoms with Crippen LogP contribution >= 0.6 is 35.3 Å². The molecule has 1 fully saturated rings. The molecule has 0 aliphatic carbocycles. The third-order valence-electron chi connectivity index (χ3n) is 5.44.